The van der Waals surface area contributed by atoms with Gasteiger partial charge in [-0.2, -0.15) is 0 Å². The Bertz CT molecular complexity index is 554. The zero-order valence-corrected chi connectivity index (χ0v) is 10.7. The fourth-order valence-corrected chi connectivity index (χ4v) is 2.02. The van der Waals surface area contributed by atoms with Crippen LogP contribution in [0, 0.1) is 0 Å². The van der Waals surface area contributed by atoms with Gasteiger partial charge >= 0.3 is 0 Å². The van der Waals surface area contributed by atoms with E-state index in [4.69, 9.17) is 11.6 Å². The summed E-state index contributed by atoms with van der Waals surface area (Å²) in [5.41, 5.74) is 0.573. The summed E-state index contributed by atoms with van der Waals surface area (Å²) in [6, 6.07) is 4.71. The predicted molar refractivity (Wildman–Crippen MR) is 66.8 cm³/mol. The van der Waals surface area contributed by atoms with Gasteiger partial charge in [-0.15, -0.1) is 0 Å². The first-order valence-electron chi connectivity index (χ1n) is 5.28. The van der Waals surface area contributed by atoms with Crippen molar-refractivity contribution in [3.8, 4) is 0 Å². The molecular formula is C12H11ClN2O3. The van der Waals surface area contributed by atoms with Gasteiger partial charge in [0.05, 0.1) is 16.3 Å². The minimum absolute atomic E-state index is 0.186. The van der Waals surface area contributed by atoms with Gasteiger partial charge in [0.2, 0.25) is 5.91 Å². The number of hydrogen-bond donors (Lipinski definition) is 0. The van der Waals surface area contributed by atoms with Crippen LogP contribution in [0.15, 0.2) is 18.2 Å². The lowest BCUT2D eigenvalue weighted by atomic mass is 10.1. The number of Topliss-reactive ketones (excluding diaryl/α,β-unsaturated/α-hetero) is 1. The molecule has 0 spiro atoms. The summed E-state index contributed by atoms with van der Waals surface area (Å²) >= 11 is 5.99. The van der Waals surface area contributed by atoms with Gasteiger partial charge in [0.15, 0.2) is 0 Å². The van der Waals surface area contributed by atoms with Crippen molar-refractivity contribution in [2.24, 2.45) is 0 Å². The Morgan fingerprint density at radius 1 is 1.33 bits per heavy atom. The van der Waals surface area contributed by atoms with E-state index in [0.717, 1.165) is 4.90 Å². The van der Waals surface area contributed by atoms with Gasteiger partial charge in [0, 0.05) is 14.1 Å². The molecule has 2 amide bonds. The van der Waals surface area contributed by atoms with Gasteiger partial charge in [-0.1, -0.05) is 17.7 Å². The van der Waals surface area contributed by atoms with Gasteiger partial charge < -0.3 is 4.90 Å². The lowest BCUT2D eigenvalue weighted by Gasteiger charge is -2.19. The Kier molecular flexibility index (Phi) is 3.09. The van der Waals surface area contributed by atoms with Gasteiger partial charge in [-0.25, -0.2) is 0 Å². The van der Waals surface area contributed by atoms with Crippen LogP contribution in [0.5, 0.6) is 0 Å². The number of rotatable bonds is 2. The first kappa shape index (κ1) is 12.6. The molecule has 0 fully saturated rings. The number of para-hydroxylation sites is 1. The Balaban J connectivity index is 2.43. The number of anilines is 1. The molecule has 94 valence electrons. The SMILES string of the molecule is CN(C)C(=O)CN1C(=O)C(=O)c2cccc(Cl)c21. The molecule has 18 heavy (non-hydrogen) atoms. The van der Waals surface area contributed by atoms with Crippen molar-refractivity contribution in [3.05, 3.63) is 28.8 Å². The number of benzene rings is 1. The number of ketones is 1. The maximum atomic E-state index is 11.8. The highest BCUT2D eigenvalue weighted by molar-refractivity contribution is 6.54. The Labute approximate surface area is 109 Å². The standard InChI is InChI=1S/C12H11ClN2O3/c1-14(2)9(16)6-15-10-7(11(17)12(15)18)4-3-5-8(10)13/h3-5H,6H2,1-2H3. The normalized spacial score (nSPS) is 13.8. The summed E-state index contributed by atoms with van der Waals surface area (Å²) in [6.45, 7) is -0.186. The van der Waals surface area contributed by atoms with E-state index in [9.17, 15) is 14.4 Å². The lowest BCUT2D eigenvalue weighted by molar-refractivity contribution is -0.128. The molecule has 0 aromatic heterocycles. The summed E-state index contributed by atoms with van der Waals surface area (Å²) in [5, 5.41) is 0.290. The molecule has 0 N–H and O–H groups in total. The third-order valence-electron chi connectivity index (χ3n) is 2.73. The van der Waals surface area contributed by atoms with Crippen LogP contribution in [0.25, 0.3) is 0 Å². The molecule has 1 aromatic rings. The molecule has 0 saturated carbocycles. The third-order valence-corrected chi connectivity index (χ3v) is 3.04. The minimum Gasteiger partial charge on any atom is -0.347 e. The van der Waals surface area contributed by atoms with Crippen molar-refractivity contribution in [2.45, 2.75) is 0 Å². The fraction of sp³-hybridized carbons (Fsp3) is 0.250. The van der Waals surface area contributed by atoms with Crippen molar-refractivity contribution in [1.29, 1.82) is 0 Å². The van der Waals surface area contributed by atoms with Crippen LogP contribution in [0.2, 0.25) is 5.02 Å². The highest BCUT2D eigenvalue weighted by Crippen LogP contribution is 2.35. The van der Waals surface area contributed by atoms with Crippen molar-refractivity contribution >= 4 is 34.9 Å². The van der Waals surface area contributed by atoms with E-state index in [1.807, 2.05) is 0 Å². The van der Waals surface area contributed by atoms with Crippen LogP contribution < -0.4 is 4.90 Å². The second-order valence-electron chi connectivity index (χ2n) is 4.14. The zero-order chi connectivity index (χ0) is 13.4. The molecule has 1 aliphatic rings. The quantitative estimate of drug-likeness (QED) is 0.749. The number of fused-ring (bicyclic) bond motifs is 1. The average molecular weight is 267 g/mol. The number of hydrogen-bond acceptors (Lipinski definition) is 3. The highest BCUT2D eigenvalue weighted by Gasteiger charge is 2.38. The molecule has 0 radical (unpaired) electrons. The van der Waals surface area contributed by atoms with Crippen LogP contribution in [0.3, 0.4) is 0 Å². The summed E-state index contributed by atoms with van der Waals surface area (Å²) in [6.07, 6.45) is 0. The molecule has 1 aliphatic heterocycles. The molecular weight excluding hydrogens is 256 g/mol. The number of nitrogens with zero attached hydrogens (tertiary/aromatic N) is 2. The molecule has 0 unspecified atom stereocenters. The van der Waals surface area contributed by atoms with Crippen LogP contribution in [-0.2, 0) is 9.59 Å². The fourth-order valence-electron chi connectivity index (χ4n) is 1.74. The van der Waals surface area contributed by atoms with E-state index in [1.165, 1.54) is 11.0 Å². The number of likely N-dealkylation sites (N-methyl/N-ethyl adjacent to an activating group) is 1. The maximum Gasteiger partial charge on any atom is 0.300 e. The Morgan fingerprint density at radius 3 is 2.61 bits per heavy atom. The zero-order valence-electron chi connectivity index (χ0n) is 9.94. The molecule has 0 bridgehead atoms. The topological polar surface area (TPSA) is 57.7 Å². The smallest absolute Gasteiger partial charge is 0.300 e. The van der Waals surface area contributed by atoms with E-state index in [0.29, 0.717) is 10.7 Å². The average Bonchev–Trinajstić information content (AvgIpc) is 2.56. The van der Waals surface area contributed by atoms with E-state index in [2.05, 4.69) is 0 Å². The summed E-state index contributed by atoms with van der Waals surface area (Å²) in [5.74, 6) is -1.61. The van der Waals surface area contributed by atoms with Crippen molar-refractivity contribution in [2.75, 3.05) is 25.5 Å². The largest absolute Gasteiger partial charge is 0.347 e. The van der Waals surface area contributed by atoms with E-state index < -0.39 is 11.7 Å². The third kappa shape index (κ3) is 1.86. The summed E-state index contributed by atoms with van der Waals surface area (Å²) in [7, 11) is 3.16. The van der Waals surface area contributed by atoms with E-state index >= 15 is 0 Å². The van der Waals surface area contributed by atoms with Crippen LogP contribution in [-0.4, -0.2) is 43.1 Å². The van der Waals surface area contributed by atoms with Crippen molar-refractivity contribution in [3.63, 3.8) is 0 Å². The van der Waals surface area contributed by atoms with Crippen LogP contribution >= 0.6 is 11.6 Å². The van der Waals surface area contributed by atoms with E-state index in [1.54, 1.807) is 26.2 Å². The van der Waals surface area contributed by atoms with Gasteiger partial charge in [0.1, 0.15) is 6.54 Å². The molecule has 6 heteroatoms. The number of carbonyl (C=O) groups is 3. The second-order valence-corrected chi connectivity index (χ2v) is 4.55. The first-order valence-corrected chi connectivity index (χ1v) is 5.66. The Morgan fingerprint density at radius 2 is 2.00 bits per heavy atom. The molecule has 2 rings (SSSR count). The Hall–Kier alpha value is -1.88. The van der Waals surface area contributed by atoms with Crippen LogP contribution in [0.4, 0.5) is 5.69 Å². The molecule has 5 nitrogen and oxygen atoms in total. The number of halogens is 1. The lowest BCUT2D eigenvalue weighted by Crippen LogP contribution is -2.39. The summed E-state index contributed by atoms with van der Waals surface area (Å²) in [4.78, 5) is 37.7. The highest BCUT2D eigenvalue weighted by atomic mass is 35.5. The number of carbonyl (C=O) groups excluding carboxylic acids is 3. The molecule has 1 aromatic carbocycles. The van der Waals surface area contributed by atoms with Gasteiger partial charge in [-0.05, 0) is 12.1 Å². The molecule has 0 saturated heterocycles. The predicted octanol–water partition coefficient (Wildman–Crippen LogP) is 0.957. The van der Waals surface area contributed by atoms with Gasteiger partial charge in [-0.3, -0.25) is 19.3 Å². The van der Waals surface area contributed by atoms with Crippen molar-refractivity contribution < 1.29 is 14.4 Å². The van der Waals surface area contributed by atoms with Gasteiger partial charge in [0.25, 0.3) is 11.7 Å². The summed E-state index contributed by atoms with van der Waals surface area (Å²) < 4.78 is 0. The molecule has 1 heterocycles. The maximum absolute atomic E-state index is 11.8. The molecule has 0 aliphatic carbocycles. The minimum atomic E-state index is -0.715. The van der Waals surface area contributed by atoms with E-state index in [-0.39, 0.29) is 18.0 Å². The monoisotopic (exact) mass is 266 g/mol. The second kappa shape index (κ2) is 4.42. The first-order chi connectivity index (χ1) is 8.43. The van der Waals surface area contributed by atoms with Crippen molar-refractivity contribution in [1.82, 2.24) is 4.90 Å². The number of amides is 2. The van der Waals surface area contributed by atoms with Crippen LogP contribution in [0.1, 0.15) is 10.4 Å². The molecule has 0 atom stereocenters.